The van der Waals surface area contributed by atoms with Crippen LogP contribution in [0.5, 0.6) is 0 Å². The topological polar surface area (TPSA) is 70.2 Å². The molecule has 0 N–H and O–H groups in total. The first-order valence-corrected chi connectivity index (χ1v) is 6.57. The van der Waals surface area contributed by atoms with Crippen molar-refractivity contribution in [1.29, 1.82) is 5.26 Å². The number of nitriles is 1. The van der Waals surface area contributed by atoms with E-state index < -0.39 is 4.92 Å². The van der Waals surface area contributed by atoms with Crippen LogP contribution in [0.15, 0.2) is 36.4 Å². The summed E-state index contributed by atoms with van der Waals surface area (Å²) in [5.41, 5.74) is 1.59. The Morgan fingerprint density at radius 3 is 2.14 bits per heavy atom. The van der Waals surface area contributed by atoms with Crippen molar-refractivity contribution < 1.29 is 4.92 Å². The molecular weight excluding hydrogens is 313 g/mol. The SMILES string of the molecule is CN(c1ccc(C#N)cc1)c1c(Cl)cc([N+](=O)[O-])cc1Cl. The molecule has 0 aliphatic heterocycles. The first kappa shape index (κ1) is 15.1. The van der Waals surface area contributed by atoms with E-state index in [1.807, 2.05) is 6.07 Å². The molecular formula is C14H9Cl2N3O2. The fourth-order valence-corrected chi connectivity index (χ4v) is 2.60. The average molecular weight is 322 g/mol. The largest absolute Gasteiger partial charge is 0.342 e. The molecule has 0 unspecified atom stereocenters. The standard InChI is InChI=1S/C14H9Cl2N3O2/c1-18(10-4-2-9(8-17)3-5-10)14-12(15)6-11(19(20)21)7-13(14)16/h2-7H,1H3. The lowest BCUT2D eigenvalue weighted by Crippen LogP contribution is -2.10. The van der Waals surface area contributed by atoms with Crippen molar-refractivity contribution in [3.63, 3.8) is 0 Å². The molecule has 0 saturated carbocycles. The van der Waals surface area contributed by atoms with Crippen molar-refractivity contribution in [2.45, 2.75) is 0 Å². The Morgan fingerprint density at radius 2 is 1.71 bits per heavy atom. The second-order valence-electron chi connectivity index (χ2n) is 4.23. The summed E-state index contributed by atoms with van der Waals surface area (Å²) >= 11 is 12.2. The molecule has 0 spiro atoms. The van der Waals surface area contributed by atoms with Gasteiger partial charge in [0.15, 0.2) is 0 Å². The summed E-state index contributed by atoms with van der Waals surface area (Å²) in [6, 6.07) is 11.4. The first-order chi connectivity index (χ1) is 9.93. The molecule has 0 aromatic heterocycles. The first-order valence-electron chi connectivity index (χ1n) is 5.81. The van der Waals surface area contributed by atoms with Crippen LogP contribution in [0.3, 0.4) is 0 Å². The second-order valence-corrected chi connectivity index (χ2v) is 5.05. The molecule has 0 amide bonds. The van der Waals surface area contributed by atoms with Gasteiger partial charge in [0.05, 0.1) is 32.3 Å². The third-order valence-corrected chi connectivity index (χ3v) is 3.51. The van der Waals surface area contributed by atoms with Crippen LogP contribution >= 0.6 is 23.2 Å². The third-order valence-electron chi connectivity index (χ3n) is 2.93. The average Bonchev–Trinajstić information content (AvgIpc) is 2.46. The van der Waals surface area contributed by atoms with Crippen LogP contribution in [-0.4, -0.2) is 12.0 Å². The number of hydrogen-bond acceptors (Lipinski definition) is 4. The van der Waals surface area contributed by atoms with E-state index in [4.69, 9.17) is 28.5 Å². The Kier molecular flexibility index (Phi) is 4.32. The van der Waals surface area contributed by atoms with E-state index in [-0.39, 0.29) is 15.7 Å². The summed E-state index contributed by atoms with van der Waals surface area (Å²) in [7, 11) is 1.74. The lowest BCUT2D eigenvalue weighted by molar-refractivity contribution is -0.384. The zero-order chi connectivity index (χ0) is 15.6. The van der Waals surface area contributed by atoms with Crippen LogP contribution in [0, 0.1) is 21.4 Å². The van der Waals surface area contributed by atoms with Gasteiger partial charge in [-0.25, -0.2) is 0 Å². The number of rotatable bonds is 3. The van der Waals surface area contributed by atoms with Gasteiger partial charge < -0.3 is 4.90 Å². The van der Waals surface area contributed by atoms with Crippen LogP contribution in [0.2, 0.25) is 10.0 Å². The van der Waals surface area contributed by atoms with Gasteiger partial charge in [0.1, 0.15) is 0 Å². The highest BCUT2D eigenvalue weighted by Gasteiger charge is 2.18. The Bertz CT molecular complexity index is 716. The van der Waals surface area contributed by atoms with Crippen LogP contribution in [0.25, 0.3) is 0 Å². The Morgan fingerprint density at radius 1 is 1.19 bits per heavy atom. The molecule has 106 valence electrons. The normalized spacial score (nSPS) is 10.0. The molecule has 21 heavy (non-hydrogen) atoms. The van der Waals surface area contributed by atoms with Gasteiger partial charge in [-0.2, -0.15) is 5.26 Å². The van der Waals surface area contributed by atoms with Crippen LogP contribution in [0.4, 0.5) is 17.1 Å². The number of non-ortho nitro benzene ring substituents is 1. The summed E-state index contributed by atoms with van der Waals surface area (Å²) in [5, 5.41) is 19.9. The lowest BCUT2D eigenvalue weighted by atomic mass is 10.2. The van der Waals surface area contributed by atoms with E-state index in [2.05, 4.69) is 0 Å². The highest BCUT2D eigenvalue weighted by Crippen LogP contribution is 2.39. The van der Waals surface area contributed by atoms with E-state index in [1.54, 1.807) is 36.2 Å². The van der Waals surface area contributed by atoms with Crippen molar-refractivity contribution >= 4 is 40.3 Å². The van der Waals surface area contributed by atoms with Gasteiger partial charge in [-0.3, -0.25) is 10.1 Å². The molecule has 0 saturated heterocycles. The summed E-state index contributed by atoms with van der Waals surface area (Å²) in [6.07, 6.45) is 0. The Hall–Kier alpha value is -2.29. The molecule has 2 aromatic rings. The van der Waals surface area contributed by atoms with Crippen LogP contribution < -0.4 is 4.90 Å². The van der Waals surface area contributed by atoms with Gasteiger partial charge >= 0.3 is 0 Å². The third kappa shape index (κ3) is 3.07. The van der Waals surface area contributed by atoms with E-state index in [9.17, 15) is 10.1 Å². The maximum absolute atomic E-state index is 10.8. The zero-order valence-electron chi connectivity index (χ0n) is 10.9. The summed E-state index contributed by atoms with van der Waals surface area (Å²) in [5.74, 6) is 0. The molecule has 5 nitrogen and oxygen atoms in total. The van der Waals surface area contributed by atoms with Crippen molar-refractivity contribution in [2.75, 3.05) is 11.9 Å². The number of nitro benzene ring substituents is 1. The second kappa shape index (κ2) is 6.00. The van der Waals surface area contributed by atoms with E-state index >= 15 is 0 Å². The molecule has 0 aliphatic carbocycles. The number of anilines is 2. The minimum Gasteiger partial charge on any atom is -0.342 e. The van der Waals surface area contributed by atoms with Gasteiger partial charge in [-0.1, -0.05) is 23.2 Å². The van der Waals surface area contributed by atoms with E-state index in [1.165, 1.54) is 12.1 Å². The molecule has 7 heteroatoms. The minimum absolute atomic E-state index is 0.165. The Labute approximate surface area is 131 Å². The van der Waals surface area contributed by atoms with Crippen molar-refractivity contribution in [2.24, 2.45) is 0 Å². The van der Waals surface area contributed by atoms with Gasteiger partial charge in [-0.05, 0) is 24.3 Å². The molecule has 0 atom stereocenters. The Balaban J connectivity index is 2.45. The maximum Gasteiger partial charge on any atom is 0.272 e. The minimum atomic E-state index is -0.552. The number of hydrogen-bond donors (Lipinski definition) is 0. The molecule has 2 rings (SSSR count). The fourth-order valence-electron chi connectivity index (χ4n) is 1.87. The van der Waals surface area contributed by atoms with Crippen molar-refractivity contribution in [3.8, 4) is 6.07 Å². The van der Waals surface area contributed by atoms with Gasteiger partial charge in [-0.15, -0.1) is 0 Å². The van der Waals surface area contributed by atoms with Gasteiger partial charge in [0, 0.05) is 24.9 Å². The van der Waals surface area contributed by atoms with Crippen LogP contribution in [0.1, 0.15) is 5.56 Å². The quantitative estimate of drug-likeness (QED) is 0.614. The highest BCUT2D eigenvalue weighted by molar-refractivity contribution is 6.39. The molecule has 0 fully saturated rings. The van der Waals surface area contributed by atoms with E-state index in [0.29, 0.717) is 11.3 Å². The summed E-state index contributed by atoms with van der Waals surface area (Å²) in [6.45, 7) is 0. The fraction of sp³-hybridized carbons (Fsp3) is 0.0714. The number of halogens is 2. The molecule has 0 radical (unpaired) electrons. The zero-order valence-corrected chi connectivity index (χ0v) is 12.4. The summed E-state index contributed by atoms with van der Waals surface area (Å²) < 4.78 is 0. The van der Waals surface area contributed by atoms with Gasteiger partial charge in [0.25, 0.3) is 5.69 Å². The maximum atomic E-state index is 10.8. The molecule has 0 heterocycles. The predicted molar refractivity (Wildman–Crippen MR) is 82.3 cm³/mol. The number of nitro groups is 1. The van der Waals surface area contributed by atoms with Crippen molar-refractivity contribution in [1.82, 2.24) is 0 Å². The lowest BCUT2D eigenvalue weighted by Gasteiger charge is -2.22. The van der Waals surface area contributed by atoms with Crippen LogP contribution in [-0.2, 0) is 0 Å². The summed E-state index contributed by atoms with van der Waals surface area (Å²) in [4.78, 5) is 11.9. The highest BCUT2D eigenvalue weighted by atomic mass is 35.5. The smallest absolute Gasteiger partial charge is 0.272 e. The molecule has 0 aliphatic rings. The molecule has 0 bridgehead atoms. The monoisotopic (exact) mass is 321 g/mol. The van der Waals surface area contributed by atoms with Crippen molar-refractivity contribution in [3.05, 3.63) is 62.1 Å². The number of nitrogens with zero attached hydrogens (tertiary/aromatic N) is 3. The molecule has 2 aromatic carbocycles. The van der Waals surface area contributed by atoms with E-state index in [0.717, 1.165) is 5.69 Å². The predicted octanol–water partition coefficient (Wildman–Crippen LogP) is 4.54. The number of benzene rings is 2. The van der Waals surface area contributed by atoms with Gasteiger partial charge in [0.2, 0.25) is 0 Å².